The van der Waals surface area contributed by atoms with Gasteiger partial charge in [0.2, 0.25) is 0 Å². The molecule has 19 heavy (non-hydrogen) atoms. The SMILES string of the molecule is COc1cc(C(C)C)ccc1C(=O)CC(N)C(=O)O. The number of aliphatic carboxylic acids is 1. The first-order chi connectivity index (χ1) is 8.86. The molecule has 0 fully saturated rings. The fourth-order valence-corrected chi connectivity index (χ4v) is 1.69. The van der Waals surface area contributed by atoms with Crippen LogP contribution < -0.4 is 10.5 Å². The molecule has 5 nitrogen and oxygen atoms in total. The van der Waals surface area contributed by atoms with E-state index in [2.05, 4.69) is 0 Å². The Labute approximate surface area is 112 Å². The van der Waals surface area contributed by atoms with Crippen LogP contribution in [-0.4, -0.2) is 30.0 Å². The lowest BCUT2D eigenvalue weighted by atomic mass is 9.97. The second-order valence-electron chi connectivity index (χ2n) is 4.69. The second-order valence-corrected chi connectivity index (χ2v) is 4.69. The predicted molar refractivity (Wildman–Crippen MR) is 71.6 cm³/mol. The summed E-state index contributed by atoms with van der Waals surface area (Å²) in [6, 6.07) is 4.10. The second kappa shape index (κ2) is 6.33. The van der Waals surface area contributed by atoms with Crippen LogP contribution >= 0.6 is 0 Å². The molecule has 3 N–H and O–H groups in total. The van der Waals surface area contributed by atoms with E-state index in [-0.39, 0.29) is 12.2 Å². The summed E-state index contributed by atoms with van der Waals surface area (Å²) in [7, 11) is 1.48. The molecule has 0 aliphatic carbocycles. The number of carbonyl (C=O) groups is 2. The highest BCUT2D eigenvalue weighted by Crippen LogP contribution is 2.25. The van der Waals surface area contributed by atoms with Gasteiger partial charge in [-0.2, -0.15) is 0 Å². The molecule has 1 aromatic rings. The monoisotopic (exact) mass is 265 g/mol. The number of hydrogen-bond acceptors (Lipinski definition) is 4. The number of carboxylic acids is 1. The molecule has 0 aliphatic rings. The first-order valence-corrected chi connectivity index (χ1v) is 6.06. The Kier molecular flexibility index (Phi) is 5.06. The number of Topliss-reactive ketones (excluding diaryl/α,β-unsaturated/α-hetero) is 1. The Morgan fingerprint density at radius 2 is 2.00 bits per heavy atom. The summed E-state index contributed by atoms with van der Waals surface area (Å²) in [4.78, 5) is 22.7. The summed E-state index contributed by atoms with van der Waals surface area (Å²) in [6.07, 6.45) is -0.243. The summed E-state index contributed by atoms with van der Waals surface area (Å²) < 4.78 is 5.19. The maximum atomic E-state index is 12.0. The number of carbonyl (C=O) groups excluding carboxylic acids is 1. The molecule has 0 aliphatic heterocycles. The Hall–Kier alpha value is -1.88. The van der Waals surface area contributed by atoms with E-state index >= 15 is 0 Å². The van der Waals surface area contributed by atoms with Crippen molar-refractivity contribution in [2.24, 2.45) is 5.73 Å². The topological polar surface area (TPSA) is 89.6 Å². The van der Waals surface area contributed by atoms with Crippen molar-refractivity contribution in [2.45, 2.75) is 32.2 Å². The van der Waals surface area contributed by atoms with Crippen molar-refractivity contribution in [3.8, 4) is 5.75 Å². The van der Waals surface area contributed by atoms with E-state index in [1.54, 1.807) is 12.1 Å². The quantitative estimate of drug-likeness (QED) is 0.765. The van der Waals surface area contributed by atoms with E-state index in [0.717, 1.165) is 5.56 Å². The van der Waals surface area contributed by atoms with Gasteiger partial charge in [0.25, 0.3) is 0 Å². The van der Waals surface area contributed by atoms with Crippen LogP contribution in [0.2, 0.25) is 0 Å². The molecule has 0 heterocycles. The highest BCUT2D eigenvalue weighted by atomic mass is 16.5. The summed E-state index contributed by atoms with van der Waals surface area (Å²) in [6.45, 7) is 4.08. The molecule has 0 aromatic heterocycles. The van der Waals surface area contributed by atoms with E-state index in [0.29, 0.717) is 17.2 Å². The lowest BCUT2D eigenvalue weighted by Gasteiger charge is -2.13. The average Bonchev–Trinajstić information content (AvgIpc) is 2.37. The lowest BCUT2D eigenvalue weighted by molar-refractivity contribution is -0.138. The fourth-order valence-electron chi connectivity index (χ4n) is 1.69. The van der Waals surface area contributed by atoms with Gasteiger partial charge in [0.1, 0.15) is 11.8 Å². The highest BCUT2D eigenvalue weighted by Gasteiger charge is 2.20. The molecular formula is C14H19NO4. The van der Waals surface area contributed by atoms with Gasteiger partial charge in [-0.25, -0.2) is 0 Å². The molecule has 1 rings (SSSR count). The van der Waals surface area contributed by atoms with Crippen LogP contribution in [0.1, 0.15) is 42.1 Å². The van der Waals surface area contributed by atoms with Crippen molar-refractivity contribution in [1.82, 2.24) is 0 Å². The van der Waals surface area contributed by atoms with Gasteiger partial charge >= 0.3 is 5.97 Å². The smallest absolute Gasteiger partial charge is 0.320 e. The van der Waals surface area contributed by atoms with Crippen molar-refractivity contribution in [3.05, 3.63) is 29.3 Å². The third-order valence-electron chi connectivity index (χ3n) is 2.92. The van der Waals surface area contributed by atoms with E-state index in [1.807, 2.05) is 19.9 Å². The van der Waals surface area contributed by atoms with Gasteiger partial charge in [-0.3, -0.25) is 9.59 Å². The number of nitrogens with two attached hydrogens (primary N) is 1. The molecule has 0 saturated carbocycles. The third-order valence-corrected chi connectivity index (χ3v) is 2.92. The minimum Gasteiger partial charge on any atom is -0.496 e. The number of hydrogen-bond donors (Lipinski definition) is 2. The molecule has 0 spiro atoms. The van der Waals surface area contributed by atoms with Crippen LogP contribution in [0.4, 0.5) is 0 Å². The molecule has 104 valence electrons. The zero-order chi connectivity index (χ0) is 14.6. The van der Waals surface area contributed by atoms with E-state index in [9.17, 15) is 9.59 Å². The molecular weight excluding hydrogens is 246 g/mol. The molecule has 0 saturated heterocycles. The van der Waals surface area contributed by atoms with E-state index in [1.165, 1.54) is 7.11 Å². The number of ketones is 1. The minimum atomic E-state index is -1.19. The van der Waals surface area contributed by atoms with Crippen LogP contribution in [0, 0.1) is 0 Å². The van der Waals surface area contributed by atoms with Crippen LogP contribution in [0.15, 0.2) is 18.2 Å². The van der Waals surface area contributed by atoms with Gasteiger partial charge in [0, 0.05) is 6.42 Å². The normalized spacial score (nSPS) is 12.3. The fraction of sp³-hybridized carbons (Fsp3) is 0.429. The van der Waals surface area contributed by atoms with E-state index in [4.69, 9.17) is 15.6 Å². The van der Waals surface area contributed by atoms with E-state index < -0.39 is 12.0 Å². The van der Waals surface area contributed by atoms with Crippen LogP contribution in [-0.2, 0) is 4.79 Å². The standard InChI is InChI=1S/C14H19NO4/c1-8(2)9-4-5-10(13(6-9)19-3)12(16)7-11(15)14(17)18/h4-6,8,11H,7,15H2,1-3H3,(H,17,18). The molecule has 1 unspecified atom stereocenters. The Balaban J connectivity index is 3.00. The zero-order valence-corrected chi connectivity index (χ0v) is 11.3. The van der Waals surface area contributed by atoms with Gasteiger partial charge in [-0.1, -0.05) is 19.9 Å². The first-order valence-electron chi connectivity index (χ1n) is 6.06. The number of ether oxygens (including phenoxy) is 1. The summed E-state index contributed by atoms with van der Waals surface area (Å²) in [5.41, 5.74) is 6.78. The summed E-state index contributed by atoms with van der Waals surface area (Å²) in [5, 5.41) is 8.71. The summed E-state index contributed by atoms with van der Waals surface area (Å²) in [5.74, 6) is -0.749. The van der Waals surface area contributed by atoms with Gasteiger partial charge < -0.3 is 15.6 Å². The van der Waals surface area contributed by atoms with Gasteiger partial charge in [-0.05, 0) is 23.6 Å². The molecule has 0 radical (unpaired) electrons. The number of methoxy groups -OCH3 is 1. The minimum absolute atomic E-state index is 0.243. The van der Waals surface area contributed by atoms with Crippen LogP contribution in [0.3, 0.4) is 0 Å². The van der Waals surface area contributed by atoms with Gasteiger partial charge in [0.15, 0.2) is 5.78 Å². The van der Waals surface area contributed by atoms with Gasteiger partial charge in [-0.15, -0.1) is 0 Å². The maximum absolute atomic E-state index is 12.0. The van der Waals surface area contributed by atoms with Crippen molar-refractivity contribution in [2.75, 3.05) is 7.11 Å². The first kappa shape index (κ1) is 15.2. The lowest BCUT2D eigenvalue weighted by Crippen LogP contribution is -2.32. The summed E-state index contributed by atoms with van der Waals surface area (Å²) >= 11 is 0. The molecule has 0 amide bonds. The van der Waals surface area contributed by atoms with Crippen LogP contribution in [0.25, 0.3) is 0 Å². The largest absolute Gasteiger partial charge is 0.496 e. The predicted octanol–water partition coefficient (Wildman–Crippen LogP) is 1.80. The Morgan fingerprint density at radius 1 is 1.37 bits per heavy atom. The van der Waals surface area contributed by atoms with Crippen molar-refractivity contribution < 1.29 is 19.4 Å². The van der Waals surface area contributed by atoms with Crippen molar-refractivity contribution in [3.63, 3.8) is 0 Å². The molecule has 0 bridgehead atoms. The maximum Gasteiger partial charge on any atom is 0.320 e. The third kappa shape index (κ3) is 3.79. The molecule has 5 heteroatoms. The molecule has 1 atom stereocenters. The van der Waals surface area contributed by atoms with Crippen molar-refractivity contribution in [1.29, 1.82) is 0 Å². The number of carboxylic acid groups (broad SMARTS) is 1. The average molecular weight is 265 g/mol. The Morgan fingerprint density at radius 3 is 2.47 bits per heavy atom. The van der Waals surface area contributed by atoms with Gasteiger partial charge in [0.05, 0.1) is 12.7 Å². The van der Waals surface area contributed by atoms with Crippen molar-refractivity contribution >= 4 is 11.8 Å². The van der Waals surface area contributed by atoms with Crippen LogP contribution in [0.5, 0.6) is 5.75 Å². The number of benzene rings is 1. The highest BCUT2D eigenvalue weighted by molar-refractivity contribution is 6.01. The Bertz CT molecular complexity index is 482. The molecule has 1 aromatic carbocycles. The number of rotatable bonds is 6. The zero-order valence-electron chi connectivity index (χ0n) is 11.3.